The van der Waals surface area contributed by atoms with Crippen molar-refractivity contribution < 1.29 is 17.2 Å². The SMILES string of the molecule is CC1CC(C)CC(NS(=O)(=O)c2cc(N)c(F)cc2F)C1. The summed E-state index contributed by atoms with van der Waals surface area (Å²) < 4.78 is 53.9. The molecule has 21 heavy (non-hydrogen) atoms. The van der Waals surface area contributed by atoms with E-state index in [1.165, 1.54) is 0 Å². The third kappa shape index (κ3) is 3.71. The van der Waals surface area contributed by atoms with Gasteiger partial charge < -0.3 is 5.73 Å². The van der Waals surface area contributed by atoms with Crippen molar-refractivity contribution >= 4 is 15.7 Å². The van der Waals surface area contributed by atoms with Gasteiger partial charge in [-0.25, -0.2) is 21.9 Å². The van der Waals surface area contributed by atoms with Gasteiger partial charge in [-0.1, -0.05) is 13.8 Å². The highest BCUT2D eigenvalue weighted by molar-refractivity contribution is 7.89. The van der Waals surface area contributed by atoms with Crippen LogP contribution in [0.3, 0.4) is 0 Å². The standard InChI is InChI=1S/C14H20F2N2O2S/c1-8-3-9(2)5-10(4-8)18-21(19,20)14-7-13(17)11(15)6-12(14)16/h6-10,18H,3-5,17H2,1-2H3. The molecule has 2 unspecified atom stereocenters. The lowest BCUT2D eigenvalue weighted by molar-refractivity contribution is 0.257. The fourth-order valence-corrected chi connectivity index (χ4v) is 4.43. The minimum absolute atomic E-state index is 0.237. The van der Waals surface area contributed by atoms with Crippen LogP contribution in [0.25, 0.3) is 0 Å². The molecule has 0 saturated heterocycles. The molecule has 0 aliphatic heterocycles. The van der Waals surface area contributed by atoms with Gasteiger partial charge in [0.05, 0.1) is 5.69 Å². The van der Waals surface area contributed by atoms with E-state index in [0.717, 1.165) is 12.5 Å². The van der Waals surface area contributed by atoms with Gasteiger partial charge in [0.1, 0.15) is 16.5 Å². The van der Waals surface area contributed by atoms with Crippen molar-refractivity contribution in [3.05, 3.63) is 23.8 Å². The van der Waals surface area contributed by atoms with Crippen LogP contribution in [0.15, 0.2) is 17.0 Å². The summed E-state index contributed by atoms with van der Waals surface area (Å²) in [4.78, 5) is -0.604. The van der Waals surface area contributed by atoms with E-state index in [1.807, 2.05) is 0 Å². The van der Waals surface area contributed by atoms with Crippen LogP contribution in [0.2, 0.25) is 0 Å². The predicted octanol–water partition coefficient (Wildman–Crippen LogP) is 2.65. The lowest BCUT2D eigenvalue weighted by Gasteiger charge is -2.31. The zero-order valence-corrected chi connectivity index (χ0v) is 12.9. The Balaban J connectivity index is 2.24. The summed E-state index contributed by atoms with van der Waals surface area (Å²) in [6.45, 7) is 4.13. The van der Waals surface area contributed by atoms with Gasteiger partial charge in [0.2, 0.25) is 10.0 Å². The Morgan fingerprint density at radius 3 is 2.24 bits per heavy atom. The van der Waals surface area contributed by atoms with Crippen LogP contribution >= 0.6 is 0 Å². The second kappa shape index (κ2) is 5.88. The van der Waals surface area contributed by atoms with Crippen LogP contribution in [-0.2, 0) is 10.0 Å². The molecule has 118 valence electrons. The molecule has 3 N–H and O–H groups in total. The number of nitrogens with two attached hydrogens (primary N) is 1. The number of benzene rings is 1. The molecule has 1 saturated carbocycles. The van der Waals surface area contributed by atoms with Gasteiger partial charge >= 0.3 is 0 Å². The number of anilines is 1. The fourth-order valence-electron chi connectivity index (χ4n) is 3.08. The lowest BCUT2D eigenvalue weighted by atomic mass is 9.81. The molecule has 0 heterocycles. The second-order valence-electron chi connectivity index (χ2n) is 6.04. The van der Waals surface area contributed by atoms with E-state index in [2.05, 4.69) is 18.6 Å². The average Bonchev–Trinajstić information content (AvgIpc) is 2.31. The highest BCUT2D eigenvalue weighted by Gasteiger charge is 2.29. The van der Waals surface area contributed by atoms with Crippen LogP contribution in [0, 0.1) is 23.5 Å². The number of rotatable bonds is 3. The third-order valence-corrected chi connectivity index (χ3v) is 5.38. The maximum Gasteiger partial charge on any atom is 0.243 e. The molecule has 1 aromatic carbocycles. The van der Waals surface area contributed by atoms with Crippen molar-refractivity contribution in [2.75, 3.05) is 5.73 Å². The Morgan fingerprint density at radius 2 is 1.67 bits per heavy atom. The van der Waals surface area contributed by atoms with Crippen LogP contribution < -0.4 is 10.5 Å². The van der Waals surface area contributed by atoms with Crippen molar-refractivity contribution in [3.8, 4) is 0 Å². The van der Waals surface area contributed by atoms with E-state index in [1.54, 1.807) is 0 Å². The molecular formula is C14H20F2N2O2S. The van der Waals surface area contributed by atoms with Gasteiger partial charge in [0.15, 0.2) is 0 Å². The molecule has 0 aromatic heterocycles. The summed E-state index contributed by atoms with van der Waals surface area (Å²) in [5.41, 5.74) is 4.94. The molecule has 2 atom stereocenters. The number of nitrogens with one attached hydrogen (secondary N) is 1. The van der Waals surface area contributed by atoms with Gasteiger partial charge in [0.25, 0.3) is 0 Å². The lowest BCUT2D eigenvalue weighted by Crippen LogP contribution is -2.40. The third-order valence-electron chi connectivity index (χ3n) is 3.84. The summed E-state index contributed by atoms with van der Waals surface area (Å²) >= 11 is 0. The number of hydrogen-bond donors (Lipinski definition) is 2. The van der Waals surface area contributed by atoms with Crippen molar-refractivity contribution in [3.63, 3.8) is 0 Å². The largest absolute Gasteiger partial charge is 0.396 e. The minimum atomic E-state index is -4.05. The Kier molecular flexibility index (Phi) is 4.53. The van der Waals surface area contributed by atoms with E-state index in [9.17, 15) is 17.2 Å². The van der Waals surface area contributed by atoms with Crippen molar-refractivity contribution in [1.29, 1.82) is 0 Å². The van der Waals surface area contributed by atoms with Gasteiger partial charge in [-0.15, -0.1) is 0 Å². The van der Waals surface area contributed by atoms with Crippen LogP contribution in [0.4, 0.5) is 14.5 Å². The number of nitrogen functional groups attached to an aromatic ring is 1. The molecule has 0 amide bonds. The van der Waals surface area contributed by atoms with Gasteiger partial charge in [-0.3, -0.25) is 0 Å². The molecule has 1 aliphatic rings. The molecule has 2 rings (SSSR count). The molecule has 0 spiro atoms. The quantitative estimate of drug-likeness (QED) is 0.842. The molecule has 0 bridgehead atoms. The number of halogens is 2. The first-order valence-corrected chi connectivity index (χ1v) is 8.44. The number of sulfonamides is 1. The summed E-state index contributed by atoms with van der Waals surface area (Å²) in [6, 6.07) is 1.08. The maximum absolute atomic E-state index is 13.7. The van der Waals surface area contributed by atoms with E-state index in [-0.39, 0.29) is 11.7 Å². The first-order valence-electron chi connectivity index (χ1n) is 6.96. The van der Waals surface area contributed by atoms with Gasteiger partial charge in [0, 0.05) is 12.1 Å². The number of hydrogen-bond acceptors (Lipinski definition) is 3. The molecule has 1 aromatic rings. The predicted molar refractivity (Wildman–Crippen MR) is 77.1 cm³/mol. The highest BCUT2D eigenvalue weighted by Crippen LogP contribution is 2.30. The topological polar surface area (TPSA) is 72.2 Å². The summed E-state index contributed by atoms with van der Waals surface area (Å²) in [7, 11) is -4.05. The van der Waals surface area contributed by atoms with Crippen LogP contribution in [0.1, 0.15) is 33.1 Å². The van der Waals surface area contributed by atoms with Crippen molar-refractivity contribution in [2.45, 2.75) is 44.0 Å². The zero-order chi connectivity index (χ0) is 15.8. The fraction of sp³-hybridized carbons (Fsp3) is 0.571. The van der Waals surface area contributed by atoms with Crippen LogP contribution in [-0.4, -0.2) is 14.5 Å². The Labute approximate surface area is 123 Å². The normalized spacial score (nSPS) is 26.8. The molecule has 1 aliphatic carbocycles. The Bertz CT molecular complexity index is 624. The van der Waals surface area contributed by atoms with Crippen molar-refractivity contribution in [1.82, 2.24) is 4.72 Å². The Morgan fingerprint density at radius 1 is 1.10 bits per heavy atom. The average molecular weight is 318 g/mol. The highest BCUT2D eigenvalue weighted by atomic mass is 32.2. The first kappa shape index (κ1) is 16.2. The van der Waals surface area contributed by atoms with E-state index >= 15 is 0 Å². The molecule has 7 heteroatoms. The summed E-state index contributed by atoms with van der Waals surface area (Å²) in [5.74, 6) is -1.29. The minimum Gasteiger partial charge on any atom is -0.396 e. The van der Waals surface area contributed by atoms with E-state index in [0.29, 0.717) is 30.7 Å². The second-order valence-corrected chi connectivity index (χ2v) is 7.72. The van der Waals surface area contributed by atoms with Gasteiger partial charge in [-0.05, 0) is 37.2 Å². The smallest absolute Gasteiger partial charge is 0.243 e. The molecule has 0 radical (unpaired) electrons. The van der Waals surface area contributed by atoms with Crippen molar-refractivity contribution in [2.24, 2.45) is 11.8 Å². The summed E-state index contributed by atoms with van der Waals surface area (Å²) in [5, 5.41) is 0. The van der Waals surface area contributed by atoms with Gasteiger partial charge in [-0.2, -0.15) is 0 Å². The van der Waals surface area contributed by atoms with E-state index in [4.69, 9.17) is 5.73 Å². The first-order chi connectivity index (χ1) is 9.69. The Hall–Kier alpha value is -1.21. The summed E-state index contributed by atoms with van der Waals surface area (Å²) in [6.07, 6.45) is 2.47. The van der Waals surface area contributed by atoms with Crippen LogP contribution in [0.5, 0.6) is 0 Å². The monoisotopic (exact) mass is 318 g/mol. The molecule has 1 fully saturated rings. The molecule has 4 nitrogen and oxygen atoms in total. The molecular weight excluding hydrogens is 298 g/mol. The van der Waals surface area contributed by atoms with E-state index < -0.39 is 26.6 Å². The zero-order valence-electron chi connectivity index (χ0n) is 12.1. The maximum atomic E-state index is 13.7.